The average Bonchev–Trinajstić information content (AvgIpc) is 2.94. The Balaban J connectivity index is 1.87. The molecule has 0 saturated carbocycles. The molecule has 4 rings (SSSR count). The maximum absolute atomic E-state index is 12.5. The van der Waals surface area contributed by atoms with Gasteiger partial charge in [-0.25, -0.2) is 4.98 Å². The SMILES string of the molecule is CC1(C)CC(=O)c2c(sc3nc(-c4ccccc4)cn23)C1. The zero-order valence-electron chi connectivity index (χ0n) is 12.1. The normalized spacial score (nSPS) is 17.1. The van der Waals surface area contributed by atoms with Crippen LogP contribution in [0.15, 0.2) is 36.5 Å². The predicted octanol–water partition coefficient (Wildman–Crippen LogP) is 4.22. The second kappa shape index (κ2) is 4.28. The van der Waals surface area contributed by atoms with Crippen LogP contribution in [0.4, 0.5) is 0 Å². The van der Waals surface area contributed by atoms with Gasteiger partial charge in [-0.15, -0.1) is 11.3 Å². The molecular weight excluding hydrogens is 280 g/mol. The zero-order chi connectivity index (χ0) is 14.6. The van der Waals surface area contributed by atoms with Gasteiger partial charge < -0.3 is 0 Å². The number of ketones is 1. The second-order valence-corrected chi connectivity index (χ2v) is 7.52. The average molecular weight is 296 g/mol. The van der Waals surface area contributed by atoms with Crippen LogP contribution in [0.3, 0.4) is 0 Å². The molecular formula is C17H16N2OS. The second-order valence-electron chi connectivity index (χ2n) is 6.46. The van der Waals surface area contributed by atoms with E-state index in [1.807, 2.05) is 40.9 Å². The molecule has 0 amide bonds. The van der Waals surface area contributed by atoms with Gasteiger partial charge in [-0.3, -0.25) is 9.20 Å². The molecule has 2 aromatic heterocycles. The van der Waals surface area contributed by atoms with Crippen molar-refractivity contribution in [3.63, 3.8) is 0 Å². The molecule has 0 bridgehead atoms. The van der Waals surface area contributed by atoms with E-state index in [0.717, 1.165) is 28.3 Å². The summed E-state index contributed by atoms with van der Waals surface area (Å²) in [6.07, 6.45) is 3.57. The van der Waals surface area contributed by atoms with E-state index >= 15 is 0 Å². The number of aromatic nitrogens is 2. The van der Waals surface area contributed by atoms with Crippen LogP contribution in [0.1, 0.15) is 35.6 Å². The quantitative estimate of drug-likeness (QED) is 0.674. The first kappa shape index (κ1) is 12.8. The monoisotopic (exact) mass is 296 g/mol. The highest BCUT2D eigenvalue weighted by Gasteiger charge is 2.34. The third-order valence-electron chi connectivity index (χ3n) is 4.00. The third kappa shape index (κ3) is 2.02. The number of hydrogen-bond donors (Lipinski definition) is 0. The number of carbonyl (C=O) groups excluding carboxylic acids is 1. The lowest BCUT2D eigenvalue weighted by Gasteiger charge is -2.27. The van der Waals surface area contributed by atoms with Gasteiger partial charge in [0.15, 0.2) is 10.7 Å². The fraction of sp³-hybridized carbons (Fsp3) is 0.294. The summed E-state index contributed by atoms with van der Waals surface area (Å²) in [5, 5.41) is 0. The topological polar surface area (TPSA) is 34.4 Å². The van der Waals surface area contributed by atoms with Gasteiger partial charge in [0.2, 0.25) is 0 Å². The molecule has 2 heterocycles. The van der Waals surface area contributed by atoms with Crippen LogP contribution < -0.4 is 0 Å². The van der Waals surface area contributed by atoms with Gasteiger partial charge in [0.05, 0.1) is 5.69 Å². The summed E-state index contributed by atoms with van der Waals surface area (Å²) in [5.74, 6) is 0.240. The van der Waals surface area contributed by atoms with Crippen LogP contribution in [0.25, 0.3) is 16.2 Å². The summed E-state index contributed by atoms with van der Waals surface area (Å²) < 4.78 is 1.99. The highest BCUT2D eigenvalue weighted by Crippen LogP contribution is 2.39. The largest absolute Gasteiger partial charge is 0.292 e. The van der Waals surface area contributed by atoms with E-state index in [0.29, 0.717) is 6.42 Å². The number of carbonyl (C=O) groups is 1. The number of thiazole rings is 1. The van der Waals surface area contributed by atoms with Gasteiger partial charge in [0.25, 0.3) is 0 Å². The molecule has 0 aliphatic heterocycles. The smallest absolute Gasteiger partial charge is 0.195 e. The van der Waals surface area contributed by atoms with E-state index in [4.69, 9.17) is 4.98 Å². The van der Waals surface area contributed by atoms with E-state index in [1.54, 1.807) is 11.3 Å². The van der Waals surface area contributed by atoms with Crippen LogP contribution in [-0.2, 0) is 6.42 Å². The van der Waals surface area contributed by atoms with Crippen molar-refractivity contribution < 1.29 is 4.79 Å². The van der Waals surface area contributed by atoms with Crippen LogP contribution in [0.5, 0.6) is 0 Å². The molecule has 0 N–H and O–H groups in total. The minimum atomic E-state index is 0.0647. The fourth-order valence-electron chi connectivity index (χ4n) is 3.06. The molecule has 0 saturated heterocycles. The molecule has 0 atom stereocenters. The number of nitrogens with zero attached hydrogens (tertiary/aromatic N) is 2. The van der Waals surface area contributed by atoms with E-state index in [9.17, 15) is 4.79 Å². The van der Waals surface area contributed by atoms with Crippen molar-refractivity contribution in [1.29, 1.82) is 0 Å². The Hall–Kier alpha value is -1.94. The standard InChI is InChI=1S/C17H16N2OS/c1-17(2)8-13(20)15-14(9-17)21-16-18-12(10-19(15)16)11-6-4-3-5-7-11/h3-7,10H,8-9H2,1-2H3. The predicted molar refractivity (Wildman–Crippen MR) is 84.9 cm³/mol. The third-order valence-corrected chi connectivity index (χ3v) is 5.06. The lowest BCUT2D eigenvalue weighted by molar-refractivity contribution is 0.0907. The molecule has 0 fully saturated rings. The maximum atomic E-state index is 12.5. The number of hydrogen-bond acceptors (Lipinski definition) is 3. The van der Waals surface area contributed by atoms with Crippen molar-refractivity contribution in [2.45, 2.75) is 26.7 Å². The van der Waals surface area contributed by atoms with Gasteiger partial charge in [-0.2, -0.15) is 0 Å². The molecule has 4 heteroatoms. The van der Waals surface area contributed by atoms with Gasteiger partial charge in [-0.1, -0.05) is 44.2 Å². The lowest BCUT2D eigenvalue weighted by atomic mass is 9.78. The van der Waals surface area contributed by atoms with E-state index in [2.05, 4.69) is 13.8 Å². The molecule has 21 heavy (non-hydrogen) atoms. The van der Waals surface area contributed by atoms with Crippen LogP contribution in [-0.4, -0.2) is 15.2 Å². The van der Waals surface area contributed by atoms with E-state index < -0.39 is 0 Å². The van der Waals surface area contributed by atoms with Crippen molar-refractivity contribution in [3.05, 3.63) is 47.1 Å². The first-order chi connectivity index (χ1) is 10.0. The molecule has 0 radical (unpaired) electrons. The zero-order valence-corrected chi connectivity index (χ0v) is 12.9. The highest BCUT2D eigenvalue weighted by atomic mass is 32.1. The Morgan fingerprint density at radius 1 is 1.19 bits per heavy atom. The van der Waals surface area contributed by atoms with Gasteiger partial charge in [-0.05, 0) is 11.8 Å². The summed E-state index contributed by atoms with van der Waals surface area (Å²) in [6, 6.07) is 10.1. The van der Waals surface area contributed by atoms with Crippen LogP contribution in [0, 0.1) is 5.41 Å². The maximum Gasteiger partial charge on any atom is 0.195 e. The molecule has 1 aliphatic carbocycles. The number of Topliss-reactive ketones (excluding diaryl/α,β-unsaturated/α-hetero) is 1. The van der Waals surface area contributed by atoms with Crippen molar-refractivity contribution in [2.75, 3.05) is 0 Å². The summed E-state index contributed by atoms with van der Waals surface area (Å²) in [4.78, 5) is 19.3. The molecule has 1 aromatic carbocycles. The first-order valence-corrected chi connectivity index (χ1v) is 7.95. The minimum absolute atomic E-state index is 0.0647. The first-order valence-electron chi connectivity index (χ1n) is 7.13. The Morgan fingerprint density at radius 2 is 1.95 bits per heavy atom. The number of benzene rings is 1. The summed E-state index contributed by atoms with van der Waals surface area (Å²) in [6.45, 7) is 4.32. The van der Waals surface area contributed by atoms with Crippen LogP contribution >= 0.6 is 11.3 Å². The van der Waals surface area contributed by atoms with Crippen molar-refractivity contribution in [1.82, 2.24) is 9.38 Å². The molecule has 0 unspecified atom stereocenters. The Kier molecular flexibility index (Phi) is 2.60. The van der Waals surface area contributed by atoms with Crippen molar-refractivity contribution >= 4 is 22.1 Å². The summed E-state index contributed by atoms with van der Waals surface area (Å²) in [7, 11) is 0. The molecule has 3 nitrogen and oxygen atoms in total. The molecule has 3 aromatic rings. The fourth-order valence-corrected chi connectivity index (χ4v) is 4.44. The van der Waals surface area contributed by atoms with Crippen LogP contribution in [0.2, 0.25) is 0 Å². The molecule has 1 aliphatic rings. The Labute approximate surface area is 127 Å². The van der Waals surface area contributed by atoms with Gasteiger partial charge >= 0.3 is 0 Å². The lowest BCUT2D eigenvalue weighted by Crippen LogP contribution is -2.26. The van der Waals surface area contributed by atoms with Crippen molar-refractivity contribution in [3.8, 4) is 11.3 Å². The van der Waals surface area contributed by atoms with Crippen molar-refractivity contribution in [2.24, 2.45) is 5.41 Å². The number of imidazole rings is 1. The highest BCUT2D eigenvalue weighted by molar-refractivity contribution is 7.17. The van der Waals surface area contributed by atoms with Gasteiger partial charge in [0, 0.05) is 23.1 Å². The molecule has 106 valence electrons. The summed E-state index contributed by atoms with van der Waals surface area (Å²) in [5.41, 5.74) is 2.94. The Bertz CT molecular complexity index is 842. The Morgan fingerprint density at radius 3 is 2.71 bits per heavy atom. The number of rotatable bonds is 1. The van der Waals surface area contributed by atoms with Gasteiger partial charge in [0.1, 0.15) is 5.69 Å². The minimum Gasteiger partial charge on any atom is -0.292 e. The summed E-state index contributed by atoms with van der Waals surface area (Å²) >= 11 is 1.65. The number of fused-ring (bicyclic) bond motifs is 3. The molecule has 0 spiro atoms. The van der Waals surface area contributed by atoms with E-state index in [-0.39, 0.29) is 11.2 Å². The van der Waals surface area contributed by atoms with E-state index in [1.165, 1.54) is 4.88 Å².